The fourth-order valence-corrected chi connectivity index (χ4v) is 10.1. The van der Waals surface area contributed by atoms with E-state index in [1.165, 1.54) is 83.8 Å². The summed E-state index contributed by atoms with van der Waals surface area (Å²) < 4.78 is 0. The summed E-state index contributed by atoms with van der Waals surface area (Å²) in [5.74, 6) is 0. The maximum Gasteiger partial charge on any atom is 0.0503 e. The van der Waals surface area contributed by atoms with Crippen molar-refractivity contribution in [1.82, 2.24) is 0 Å². The molecule has 0 spiro atoms. The molecule has 1 heterocycles. The van der Waals surface area contributed by atoms with Crippen LogP contribution in [0.1, 0.15) is 49.9 Å². The van der Waals surface area contributed by atoms with Crippen molar-refractivity contribution in [2.45, 2.75) is 38.5 Å². The molecule has 62 heavy (non-hydrogen) atoms. The van der Waals surface area contributed by atoms with Crippen LogP contribution in [0.2, 0.25) is 0 Å². The predicted octanol–water partition coefficient (Wildman–Crippen LogP) is 16.6. The van der Waals surface area contributed by atoms with E-state index in [2.05, 4.69) is 256 Å². The van der Waals surface area contributed by atoms with Crippen molar-refractivity contribution in [1.29, 1.82) is 0 Å². The van der Waals surface area contributed by atoms with E-state index in [-0.39, 0.29) is 10.8 Å². The highest BCUT2D eigenvalue weighted by Gasteiger charge is 2.40. The van der Waals surface area contributed by atoms with E-state index in [0.29, 0.717) is 0 Å². The third-order valence-corrected chi connectivity index (χ3v) is 13.5. The van der Waals surface area contributed by atoms with Crippen LogP contribution in [0.4, 0.5) is 34.1 Å². The lowest BCUT2D eigenvalue weighted by Gasteiger charge is -2.43. The lowest BCUT2D eigenvalue weighted by molar-refractivity contribution is 0.632. The first kappa shape index (κ1) is 37.6. The van der Waals surface area contributed by atoms with E-state index in [0.717, 1.165) is 17.1 Å². The second-order valence-electron chi connectivity index (χ2n) is 17.8. The minimum Gasteiger partial charge on any atom is -0.311 e. The average Bonchev–Trinajstić information content (AvgIpc) is 3.55. The van der Waals surface area contributed by atoms with Gasteiger partial charge in [-0.1, -0.05) is 173 Å². The average molecular weight is 797 g/mol. The van der Waals surface area contributed by atoms with Gasteiger partial charge in [-0.15, -0.1) is 0 Å². The quantitative estimate of drug-likeness (QED) is 0.158. The molecule has 0 fully saturated rings. The predicted molar refractivity (Wildman–Crippen MR) is 262 cm³/mol. The summed E-state index contributed by atoms with van der Waals surface area (Å²) >= 11 is 0. The second kappa shape index (κ2) is 14.6. The van der Waals surface area contributed by atoms with Crippen LogP contribution in [0, 0.1) is 0 Å². The number of rotatable bonds is 7. The Labute approximate surface area is 366 Å². The number of hydrogen-bond acceptors (Lipinski definition) is 2. The van der Waals surface area contributed by atoms with Crippen LogP contribution in [0.15, 0.2) is 218 Å². The van der Waals surface area contributed by atoms with Gasteiger partial charge in [0, 0.05) is 33.6 Å². The Morgan fingerprint density at radius 3 is 1.27 bits per heavy atom. The zero-order chi connectivity index (χ0) is 42.0. The van der Waals surface area contributed by atoms with Crippen LogP contribution >= 0.6 is 0 Å². The Hall–Kier alpha value is -7.42. The molecule has 1 aliphatic carbocycles. The van der Waals surface area contributed by atoms with Crippen molar-refractivity contribution in [3.63, 3.8) is 0 Å². The van der Waals surface area contributed by atoms with Crippen molar-refractivity contribution in [3.8, 4) is 44.5 Å². The Kier molecular flexibility index (Phi) is 8.87. The number of benzene rings is 9. The number of hydrogen-bond donors (Lipinski definition) is 0. The lowest BCUT2D eigenvalue weighted by atomic mass is 9.72. The molecule has 0 radical (unpaired) electrons. The Morgan fingerprint density at radius 1 is 0.306 bits per heavy atom. The molecule has 0 saturated heterocycles. The molecule has 0 aromatic heterocycles. The van der Waals surface area contributed by atoms with Gasteiger partial charge in [0.05, 0.1) is 11.4 Å². The largest absolute Gasteiger partial charge is 0.311 e. The van der Waals surface area contributed by atoms with Crippen LogP contribution in [-0.2, 0) is 10.8 Å². The minimum atomic E-state index is -0.274. The van der Waals surface area contributed by atoms with Crippen LogP contribution in [0.25, 0.3) is 44.5 Å². The Balaban J connectivity index is 1.01. The van der Waals surface area contributed by atoms with Gasteiger partial charge in [0.15, 0.2) is 0 Å². The third-order valence-electron chi connectivity index (χ3n) is 13.5. The van der Waals surface area contributed by atoms with E-state index >= 15 is 0 Å². The molecular formula is C60H48N2. The van der Waals surface area contributed by atoms with Crippen molar-refractivity contribution in [2.75, 3.05) is 9.80 Å². The summed E-state index contributed by atoms with van der Waals surface area (Å²) in [5, 5.41) is 0. The summed E-state index contributed by atoms with van der Waals surface area (Å²) in [6, 6.07) is 80.2. The van der Waals surface area contributed by atoms with E-state index in [1.807, 2.05) is 0 Å². The number of para-hydroxylation sites is 1. The van der Waals surface area contributed by atoms with Crippen LogP contribution in [0.3, 0.4) is 0 Å². The molecule has 0 bridgehead atoms. The molecule has 9 aromatic rings. The van der Waals surface area contributed by atoms with Crippen LogP contribution in [-0.4, -0.2) is 0 Å². The molecule has 1 aliphatic heterocycles. The summed E-state index contributed by atoms with van der Waals surface area (Å²) in [6.07, 6.45) is 0. The van der Waals surface area contributed by atoms with Gasteiger partial charge in [-0.3, -0.25) is 0 Å². The van der Waals surface area contributed by atoms with E-state index in [9.17, 15) is 0 Å². The molecular weight excluding hydrogens is 749 g/mol. The first-order valence-corrected chi connectivity index (χ1v) is 21.8. The second-order valence-corrected chi connectivity index (χ2v) is 17.8. The molecule has 0 N–H and O–H groups in total. The number of nitrogens with zero attached hydrogens (tertiary/aromatic N) is 2. The topological polar surface area (TPSA) is 6.48 Å². The maximum absolute atomic E-state index is 2.51. The molecule has 2 aliphatic rings. The van der Waals surface area contributed by atoms with Gasteiger partial charge >= 0.3 is 0 Å². The Bertz CT molecular complexity index is 3090. The molecule has 0 unspecified atom stereocenters. The summed E-state index contributed by atoms with van der Waals surface area (Å²) in [6.45, 7) is 9.53. The van der Waals surface area contributed by atoms with E-state index < -0.39 is 0 Å². The van der Waals surface area contributed by atoms with Gasteiger partial charge in [-0.05, 0) is 140 Å². The zero-order valence-electron chi connectivity index (χ0n) is 35.7. The van der Waals surface area contributed by atoms with Gasteiger partial charge in [-0.25, -0.2) is 0 Å². The molecule has 9 aromatic carbocycles. The first-order chi connectivity index (χ1) is 30.3. The zero-order valence-corrected chi connectivity index (χ0v) is 35.7. The molecule has 0 saturated carbocycles. The van der Waals surface area contributed by atoms with Crippen LogP contribution in [0.5, 0.6) is 0 Å². The molecule has 0 atom stereocenters. The summed E-state index contributed by atoms with van der Waals surface area (Å²) in [7, 11) is 0. The lowest BCUT2D eigenvalue weighted by Crippen LogP contribution is -2.31. The summed E-state index contributed by atoms with van der Waals surface area (Å²) in [5.41, 5.74) is 22.0. The normalized spacial score (nSPS) is 14.0. The molecule has 11 rings (SSSR count). The van der Waals surface area contributed by atoms with Gasteiger partial charge < -0.3 is 9.80 Å². The van der Waals surface area contributed by atoms with Gasteiger partial charge in [0.1, 0.15) is 0 Å². The van der Waals surface area contributed by atoms with Crippen molar-refractivity contribution < 1.29 is 0 Å². The smallest absolute Gasteiger partial charge is 0.0503 e. The SMILES string of the molecule is CC1(C)c2ccccc2-c2ccc(N3c4ccc(-c5ccccc5)cc4C(C)(C)c4cc(-c5ccc(N(c6ccccc6)c6ccc(-c7ccccc7)cc6)cc5)ccc43)cc21. The highest BCUT2D eigenvalue weighted by Crippen LogP contribution is 2.56. The Morgan fingerprint density at radius 2 is 0.710 bits per heavy atom. The number of anilines is 6. The van der Waals surface area contributed by atoms with Crippen molar-refractivity contribution >= 4 is 34.1 Å². The molecule has 0 amide bonds. The van der Waals surface area contributed by atoms with E-state index in [4.69, 9.17) is 0 Å². The minimum absolute atomic E-state index is 0.0997. The van der Waals surface area contributed by atoms with Gasteiger partial charge in [0.25, 0.3) is 0 Å². The highest BCUT2D eigenvalue weighted by atomic mass is 15.2. The summed E-state index contributed by atoms with van der Waals surface area (Å²) in [4.78, 5) is 4.85. The number of fused-ring (bicyclic) bond motifs is 5. The highest BCUT2D eigenvalue weighted by molar-refractivity contribution is 5.91. The van der Waals surface area contributed by atoms with Crippen molar-refractivity contribution in [2.24, 2.45) is 0 Å². The molecule has 298 valence electrons. The van der Waals surface area contributed by atoms with Crippen molar-refractivity contribution in [3.05, 3.63) is 241 Å². The standard InChI is InChI=1S/C60H48N2/c1-59(2)53-23-15-14-22-51(53)52-35-34-50(40-54(52)59)62-57-36-28-45(42-18-10-6-11-19-42)38-55(57)60(3,4)56-39-46(29-37-58(56)62)44-26-32-49(33-27-44)61(47-20-12-7-13-21-47)48-30-24-43(25-31-48)41-16-8-5-9-17-41/h5-40H,1-4H3. The van der Waals surface area contributed by atoms with E-state index in [1.54, 1.807) is 0 Å². The van der Waals surface area contributed by atoms with Gasteiger partial charge in [0.2, 0.25) is 0 Å². The monoisotopic (exact) mass is 796 g/mol. The van der Waals surface area contributed by atoms with Gasteiger partial charge in [-0.2, -0.15) is 0 Å². The maximum atomic E-state index is 2.51. The first-order valence-electron chi connectivity index (χ1n) is 21.8. The fourth-order valence-electron chi connectivity index (χ4n) is 10.1. The molecule has 2 nitrogen and oxygen atoms in total. The molecule has 2 heteroatoms. The fraction of sp³-hybridized carbons (Fsp3) is 0.100. The third kappa shape index (κ3) is 6.17. The van der Waals surface area contributed by atoms with Crippen LogP contribution < -0.4 is 9.80 Å².